The van der Waals surface area contributed by atoms with E-state index in [1.165, 1.54) is 16.7 Å². The molecule has 0 saturated carbocycles. The van der Waals surface area contributed by atoms with E-state index in [9.17, 15) is 8.42 Å². The predicted octanol–water partition coefficient (Wildman–Crippen LogP) is 4.71. The van der Waals surface area contributed by atoms with Gasteiger partial charge in [0.05, 0.1) is 13.5 Å². The summed E-state index contributed by atoms with van der Waals surface area (Å²) in [7, 11) is -3.13. The molecule has 0 aliphatic carbocycles. The van der Waals surface area contributed by atoms with E-state index in [-0.39, 0.29) is 4.83 Å². The van der Waals surface area contributed by atoms with Crippen LogP contribution in [0.3, 0.4) is 0 Å². The van der Waals surface area contributed by atoms with Crippen molar-refractivity contribution in [2.45, 2.75) is 16.6 Å². The summed E-state index contributed by atoms with van der Waals surface area (Å²) >= 11 is 8.85. The molecular weight excluding hydrogens is 412 g/mol. The van der Waals surface area contributed by atoms with Crippen LogP contribution in [0.1, 0.15) is 20.8 Å². The monoisotopic (exact) mass is 422 g/mol. The van der Waals surface area contributed by atoms with Gasteiger partial charge in [0.15, 0.2) is 9.84 Å². The number of thiophene rings is 1. The number of benzene rings is 1. The standard InChI is InChI=1S/C13H12Br2O2S2/c1-8-7-11(18-13(8)15)12(14)9-3-5-10(6-4-9)19(2,16)17/h3-7,12H,1-2H3. The Hall–Kier alpha value is -0.170. The zero-order chi connectivity index (χ0) is 14.2. The van der Waals surface area contributed by atoms with Gasteiger partial charge in [0.1, 0.15) is 0 Å². The molecule has 2 aromatic rings. The van der Waals surface area contributed by atoms with Gasteiger partial charge in [0.25, 0.3) is 0 Å². The quantitative estimate of drug-likeness (QED) is 0.670. The van der Waals surface area contributed by atoms with Crippen LogP contribution in [0.4, 0.5) is 0 Å². The van der Waals surface area contributed by atoms with Gasteiger partial charge in [0, 0.05) is 11.1 Å². The highest BCUT2D eigenvalue weighted by Crippen LogP contribution is 2.39. The number of sulfone groups is 1. The first kappa shape index (κ1) is 15.2. The Morgan fingerprint density at radius 1 is 1.21 bits per heavy atom. The zero-order valence-electron chi connectivity index (χ0n) is 10.4. The Labute approximate surface area is 134 Å². The van der Waals surface area contributed by atoms with Crippen molar-refractivity contribution in [2.24, 2.45) is 0 Å². The number of hydrogen-bond donors (Lipinski definition) is 0. The van der Waals surface area contributed by atoms with E-state index in [0.717, 1.165) is 9.35 Å². The van der Waals surface area contributed by atoms with Crippen molar-refractivity contribution in [2.75, 3.05) is 6.26 Å². The second-order valence-corrected chi connectivity index (χ2v) is 9.64. The lowest BCUT2D eigenvalue weighted by atomic mass is 10.1. The molecule has 0 saturated heterocycles. The highest BCUT2D eigenvalue weighted by molar-refractivity contribution is 9.11. The molecule has 0 radical (unpaired) electrons. The van der Waals surface area contributed by atoms with Gasteiger partial charge in [-0.05, 0) is 52.2 Å². The maximum Gasteiger partial charge on any atom is 0.175 e. The highest BCUT2D eigenvalue weighted by Gasteiger charge is 2.15. The molecule has 1 aromatic carbocycles. The van der Waals surface area contributed by atoms with E-state index >= 15 is 0 Å². The van der Waals surface area contributed by atoms with Crippen LogP contribution in [-0.2, 0) is 9.84 Å². The van der Waals surface area contributed by atoms with Crippen LogP contribution in [0.15, 0.2) is 39.0 Å². The first-order chi connectivity index (χ1) is 8.79. The molecule has 0 aliphatic rings. The molecule has 102 valence electrons. The summed E-state index contributed by atoms with van der Waals surface area (Å²) in [4.78, 5) is 1.62. The molecule has 1 atom stereocenters. The van der Waals surface area contributed by atoms with Gasteiger partial charge in [0.2, 0.25) is 0 Å². The maximum absolute atomic E-state index is 11.4. The van der Waals surface area contributed by atoms with Crippen molar-refractivity contribution in [3.63, 3.8) is 0 Å². The molecule has 0 spiro atoms. The molecule has 6 heteroatoms. The molecule has 19 heavy (non-hydrogen) atoms. The molecule has 0 N–H and O–H groups in total. The summed E-state index contributed by atoms with van der Waals surface area (Å²) in [5, 5.41) is 0. The topological polar surface area (TPSA) is 34.1 Å². The second-order valence-electron chi connectivity index (χ2n) is 4.31. The van der Waals surface area contributed by atoms with Gasteiger partial charge in [-0.15, -0.1) is 11.3 Å². The summed E-state index contributed by atoms with van der Waals surface area (Å²) in [6.07, 6.45) is 1.22. The van der Waals surface area contributed by atoms with E-state index in [0.29, 0.717) is 4.90 Å². The average molecular weight is 424 g/mol. The van der Waals surface area contributed by atoms with Gasteiger partial charge in [-0.3, -0.25) is 0 Å². The molecule has 1 aromatic heterocycles. The molecule has 0 bridgehead atoms. The first-order valence-corrected chi connectivity index (χ1v) is 9.90. The number of halogens is 2. The summed E-state index contributed by atoms with van der Waals surface area (Å²) in [5.74, 6) is 0. The predicted molar refractivity (Wildman–Crippen MR) is 87.1 cm³/mol. The lowest BCUT2D eigenvalue weighted by Gasteiger charge is -2.08. The number of hydrogen-bond acceptors (Lipinski definition) is 3. The van der Waals surface area contributed by atoms with Crippen molar-refractivity contribution in [3.8, 4) is 0 Å². The molecule has 0 fully saturated rings. The number of rotatable bonds is 3. The number of alkyl halides is 1. The fraction of sp³-hybridized carbons (Fsp3) is 0.231. The molecular formula is C13H12Br2O2S2. The summed E-state index contributed by atoms with van der Waals surface area (Å²) < 4.78 is 24.0. The Bertz CT molecular complexity index is 668. The first-order valence-electron chi connectivity index (χ1n) is 5.49. The largest absolute Gasteiger partial charge is 0.224 e. The SMILES string of the molecule is Cc1cc(C(Br)c2ccc(S(C)(=O)=O)cc2)sc1Br. The van der Waals surface area contributed by atoms with Crippen molar-refractivity contribution in [1.29, 1.82) is 0 Å². The van der Waals surface area contributed by atoms with Crippen LogP contribution in [0, 0.1) is 6.92 Å². The lowest BCUT2D eigenvalue weighted by Crippen LogP contribution is -1.97. The van der Waals surface area contributed by atoms with E-state index in [2.05, 4.69) is 44.8 Å². The maximum atomic E-state index is 11.4. The second kappa shape index (κ2) is 5.68. The summed E-state index contributed by atoms with van der Waals surface area (Å²) in [5.41, 5.74) is 2.25. The van der Waals surface area contributed by atoms with Crippen LogP contribution in [0.25, 0.3) is 0 Å². The van der Waals surface area contributed by atoms with Crippen LogP contribution in [-0.4, -0.2) is 14.7 Å². The molecule has 1 unspecified atom stereocenters. The normalized spacial score (nSPS) is 13.5. The Balaban J connectivity index is 2.32. The Morgan fingerprint density at radius 2 is 1.79 bits per heavy atom. The Kier molecular flexibility index (Phi) is 4.55. The van der Waals surface area contributed by atoms with Gasteiger partial charge >= 0.3 is 0 Å². The fourth-order valence-electron chi connectivity index (χ4n) is 1.66. The third-order valence-corrected chi connectivity index (χ3v) is 7.38. The van der Waals surface area contributed by atoms with Crippen molar-refractivity contribution in [3.05, 3.63) is 50.1 Å². The molecule has 0 aliphatic heterocycles. The third kappa shape index (κ3) is 3.48. The fourth-order valence-corrected chi connectivity index (χ4v) is 4.58. The van der Waals surface area contributed by atoms with Crippen molar-refractivity contribution in [1.82, 2.24) is 0 Å². The van der Waals surface area contributed by atoms with Gasteiger partial charge in [-0.25, -0.2) is 8.42 Å². The van der Waals surface area contributed by atoms with Crippen LogP contribution >= 0.6 is 43.2 Å². The zero-order valence-corrected chi connectivity index (χ0v) is 15.2. The average Bonchev–Trinajstić information content (AvgIpc) is 2.68. The van der Waals surface area contributed by atoms with E-state index in [1.54, 1.807) is 23.5 Å². The minimum Gasteiger partial charge on any atom is -0.224 e. The van der Waals surface area contributed by atoms with E-state index < -0.39 is 9.84 Å². The van der Waals surface area contributed by atoms with Crippen LogP contribution in [0.5, 0.6) is 0 Å². The smallest absolute Gasteiger partial charge is 0.175 e. The summed E-state index contributed by atoms with van der Waals surface area (Å²) in [6, 6.07) is 9.11. The van der Waals surface area contributed by atoms with Crippen molar-refractivity contribution < 1.29 is 8.42 Å². The van der Waals surface area contributed by atoms with Gasteiger partial charge in [-0.1, -0.05) is 28.1 Å². The summed E-state index contributed by atoms with van der Waals surface area (Å²) in [6.45, 7) is 2.05. The molecule has 1 heterocycles. The minimum atomic E-state index is -3.13. The lowest BCUT2D eigenvalue weighted by molar-refractivity contribution is 0.602. The van der Waals surface area contributed by atoms with E-state index in [4.69, 9.17) is 0 Å². The minimum absolute atomic E-state index is 0.0797. The number of aryl methyl sites for hydroxylation is 1. The third-order valence-electron chi connectivity index (χ3n) is 2.73. The van der Waals surface area contributed by atoms with Crippen LogP contribution in [0.2, 0.25) is 0 Å². The van der Waals surface area contributed by atoms with E-state index in [1.807, 2.05) is 12.1 Å². The van der Waals surface area contributed by atoms with Gasteiger partial charge in [-0.2, -0.15) is 0 Å². The highest BCUT2D eigenvalue weighted by atomic mass is 79.9. The van der Waals surface area contributed by atoms with Gasteiger partial charge < -0.3 is 0 Å². The molecule has 2 nitrogen and oxygen atoms in total. The van der Waals surface area contributed by atoms with Crippen LogP contribution < -0.4 is 0 Å². The Morgan fingerprint density at radius 3 is 2.21 bits per heavy atom. The molecule has 0 amide bonds. The molecule has 2 rings (SSSR count). The van der Waals surface area contributed by atoms with Crippen molar-refractivity contribution >= 4 is 53.0 Å².